The Morgan fingerprint density at radius 3 is 2.52 bits per heavy atom. The van der Waals surface area contributed by atoms with Crippen LogP contribution in [0.15, 0.2) is 77.2 Å². The summed E-state index contributed by atoms with van der Waals surface area (Å²) in [7, 11) is 0. The van der Waals surface area contributed by atoms with Crippen LogP contribution >= 0.6 is 11.8 Å². The Kier molecular flexibility index (Phi) is 6.91. The van der Waals surface area contributed by atoms with Crippen molar-refractivity contribution in [3.63, 3.8) is 0 Å². The molecule has 1 fully saturated rings. The average Bonchev–Trinajstić information content (AvgIpc) is 2.80. The molecule has 0 bridgehead atoms. The number of nitrogens with one attached hydrogen (secondary N) is 2. The van der Waals surface area contributed by atoms with Crippen molar-refractivity contribution in [2.24, 2.45) is 0 Å². The molecule has 0 unspecified atom stereocenters. The lowest BCUT2D eigenvalue weighted by Crippen LogP contribution is -2.36. The summed E-state index contributed by atoms with van der Waals surface area (Å²) in [6.07, 6.45) is 1.80. The Morgan fingerprint density at radius 2 is 1.81 bits per heavy atom. The van der Waals surface area contributed by atoms with Gasteiger partial charge in [0.1, 0.15) is 10.8 Å². The number of rotatable bonds is 8. The van der Waals surface area contributed by atoms with Gasteiger partial charge in [-0.25, -0.2) is 4.98 Å². The molecular formula is C23H26N6OS. The van der Waals surface area contributed by atoms with E-state index in [1.807, 2.05) is 42.5 Å². The number of aromatic nitrogens is 2. The van der Waals surface area contributed by atoms with Crippen LogP contribution in [0.4, 0.5) is 28.8 Å². The molecule has 4 rings (SSSR count). The first-order chi connectivity index (χ1) is 15.2. The summed E-state index contributed by atoms with van der Waals surface area (Å²) in [5, 5.41) is 7.40. The van der Waals surface area contributed by atoms with Crippen LogP contribution in [0.25, 0.3) is 0 Å². The fraction of sp³-hybridized carbons (Fsp3) is 0.217. The molecule has 1 aliphatic rings. The maximum Gasteiger partial charge on any atom is 0.230 e. The van der Waals surface area contributed by atoms with Crippen LogP contribution in [-0.2, 0) is 4.74 Å². The van der Waals surface area contributed by atoms with Gasteiger partial charge in [0.15, 0.2) is 0 Å². The van der Waals surface area contributed by atoms with Crippen LogP contribution in [0.3, 0.4) is 0 Å². The predicted molar refractivity (Wildman–Crippen MR) is 128 cm³/mol. The molecule has 2 heterocycles. The van der Waals surface area contributed by atoms with Crippen LogP contribution in [-0.4, -0.2) is 42.8 Å². The van der Waals surface area contributed by atoms with E-state index in [-0.39, 0.29) is 0 Å². The fourth-order valence-electron chi connectivity index (χ4n) is 3.16. The Balaban J connectivity index is 1.51. The monoisotopic (exact) mass is 434 g/mol. The topological polar surface area (TPSA) is 88.3 Å². The zero-order chi connectivity index (χ0) is 21.5. The molecule has 2 aromatic carbocycles. The Labute approximate surface area is 186 Å². The summed E-state index contributed by atoms with van der Waals surface area (Å²) in [4.78, 5) is 12.7. The molecule has 1 aromatic heterocycles. The van der Waals surface area contributed by atoms with Gasteiger partial charge in [-0.3, -0.25) is 0 Å². The molecule has 31 heavy (non-hydrogen) atoms. The van der Waals surface area contributed by atoms with E-state index in [4.69, 9.17) is 10.5 Å². The molecule has 0 spiro atoms. The molecule has 1 aliphatic heterocycles. The predicted octanol–water partition coefficient (Wildman–Crippen LogP) is 4.39. The molecule has 7 nitrogen and oxygen atoms in total. The lowest BCUT2D eigenvalue weighted by molar-refractivity contribution is 0.122. The van der Waals surface area contributed by atoms with E-state index in [0.29, 0.717) is 12.5 Å². The highest BCUT2D eigenvalue weighted by molar-refractivity contribution is 7.99. The van der Waals surface area contributed by atoms with E-state index < -0.39 is 0 Å². The molecule has 0 amide bonds. The Bertz CT molecular complexity index is 1000. The van der Waals surface area contributed by atoms with Gasteiger partial charge in [-0.15, -0.1) is 6.58 Å². The lowest BCUT2D eigenvalue weighted by atomic mass is 10.2. The minimum Gasteiger partial charge on any atom is -0.399 e. The summed E-state index contributed by atoms with van der Waals surface area (Å²) in [5.74, 6) is 1.27. The van der Waals surface area contributed by atoms with E-state index in [2.05, 4.69) is 44.2 Å². The summed E-state index contributed by atoms with van der Waals surface area (Å²) in [6, 6.07) is 18.0. The highest BCUT2D eigenvalue weighted by Gasteiger charge is 2.11. The lowest BCUT2D eigenvalue weighted by Gasteiger charge is -2.28. The van der Waals surface area contributed by atoms with Crippen LogP contribution in [0.1, 0.15) is 0 Å². The molecule has 8 heteroatoms. The van der Waals surface area contributed by atoms with Crippen molar-refractivity contribution in [3.8, 4) is 0 Å². The highest BCUT2D eigenvalue weighted by Crippen LogP contribution is 2.30. The molecule has 1 saturated heterocycles. The van der Waals surface area contributed by atoms with E-state index in [1.165, 1.54) is 5.69 Å². The third-order valence-electron chi connectivity index (χ3n) is 4.73. The van der Waals surface area contributed by atoms with Gasteiger partial charge in [0.25, 0.3) is 0 Å². The van der Waals surface area contributed by atoms with Crippen molar-refractivity contribution in [1.82, 2.24) is 9.97 Å². The molecular weight excluding hydrogens is 408 g/mol. The van der Waals surface area contributed by atoms with Gasteiger partial charge < -0.3 is 26.0 Å². The van der Waals surface area contributed by atoms with Crippen molar-refractivity contribution in [3.05, 3.63) is 67.3 Å². The van der Waals surface area contributed by atoms with E-state index in [0.717, 1.165) is 53.4 Å². The number of nitrogens with two attached hydrogens (primary N) is 1. The summed E-state index contributed by atoms with van der Waals surface area (Å²) in [6.45, 7) is 7.75. The van der Waals surface area contributed by atoms with Gasteiger partial charge in [-0.2, -0.15) is 4.98 Å². The minimum absolute atomic E-state index is 0.533. The second-order valence-electron chi connectivity index (χ2n) is 7.03. The SMILES string of the molecule is C=CCNc1cc(Sc2ccc(N)cc2)nc(Nc2ccc(N3CCOCC3)cc2)n1. The van der Waals surface area contributed by atoms with Gasteiger partial charge in [-0.1, -0.05) is 17.8 Å². The largest absolute Gasteiger partial charge is 0.399 e. The summed E-state index contributed by atoms with van der Waals surface area (Å²) < 4.78 is 5.43. The van der Waals surface area contributed by atoms with Crippen molar-refractivity contribution in [1.29, 1.82) is 0 Å². The molecule has 0 atom stereocenters. The first kappa shape index (κ1) is 21.0. The van der Waals surface area contributed by atoms with Crippen molar-refractivity contribution in [2.75, 3.05) is 54.1 Å². The van der Waals surface area contributed by atoms with Gasteiger partial charge >= 0.3 is 0 Å². The zero-order valence-electron chi connectivity index (χ0n) is 17.3. The normalized spacial score (nSPS) is 13.6. The molecule has 160 valence electrons. The van der Waals surface area contributed by atoms with Gasteiger partial charge in [0.2, 0.25) is 5.95 Å². The second-order valence-corrected chi connectivity index (χ2v) is 8.12. The fourth-order valence-corrected chi connectivity index (χ4v) is 3.98. The number of hydrogen-bond donors (Lipinski definition) is 3. The van der Waals surface area contributed by atoms with Gasteiger partial charge in [-0.05, 0) is 48.5 Å². The smallest absolute Gasteiger partial charge is 0.230 e. The number of morpholine rings is 1. The molecule has 0 saturated carbocycles. The quantitative estimate of drug-likeness (QED) is 0.273. The molecule has 0 aliphatic carbocycles. The third-order valence-corrected chi connectivity index (χ3v) is 5.66. The van der Waals surface area contributed by atoms with Gasteiger partial charge in [0, 0.05) is 47.7 Å². The van der Waals surface area contributed by atoms with Crippen LogP contribution in [0, 0.1) is 0 Å². The number of hydrogen-bond acceptors (Lipinski definition) is 8. The molecule has 4 N–H and O–H groups in total. The van der Waals surface area contributed by atoms with Crippen molar-refractivity contribution >= 4 is 40.6 Å². The Morgan fingerprint density at radius 1 is 1.06 bits per heavy atom. The standard InChI is InChI=1S/C23H26N6OS/c1-2-11-25-21-16-22(31-20-9-3-17(24)4-10-20)28-23(27-21)26-18-5-7-19(8-6-18)29-12-14-30-15-13-29/h2-10,16H,1,11-15,24H2,(H2,25,26,27,28). The number of nitrogen functional groups attached to an aromatic ring is 1. The van der Waals surface area contributed by atoms with Crippen LogP contribution in [0.5, 0.6) is 0 Å². The first-order valence-electron chi connectivity index (χ1n) is 10.2. The number of benzene rings is 2. The molecule has 3 aromatic rings. The number of nitrogens with zero attached hydrogens (tertiary/aromatic N) is 3. The summed E-state index contributed by atoms with van der Waals surface area (Å²) in [5.41, 5.74) is 8.66. The van der Waals surface area contributed by atoms with Crippen molar-refractivity contribution in [2.45, 2.75) is 9.92 Å². The first-order valence-corrected chi connectivity index (χ1v) is 11.0. The average molecular weight is 435 g/mol. The minimum atomic E-state index is 0.533. The number of anilines is 5. The van der Waals surface area contributed by atoms with Gasteiger partial charge in [0.05, 0.1) is 13.2 Å². The molecule has 0 radical (unpaired) electrons. The highest BCUT2D eigenvalue weighted by atomic mass is 32.2. The summed E-state index contributed by atoms with van der Waals surface area (Å²) >= 11 is 1.56. The van der Waals surface area contributed by atoms with E-state index in [9.17, 15) is 0 Å². The van der Waals surface area contributed by atoms with E-state index in [1.54, 1.807) is 17.8 Å². The Hall–Kier alpha value is -3.23. The number of ether oxygens (including phenoxy) is 1. The van der Waals surface area contributed by atoms with Crippen LogP contribution in [0.2, 0.25) is 0 Å². The van der Waals surface area contributed by atoms with Crippen molar-refractivity contribution < 1.29 is 4.74 Å². The second kappa shape index (κ2) is 10.2. The van der Waals surface area contributed by atoms with E-state index >= 15 is 0 Å². The third kappa shape index (κ3) is 5.90. The van der Waals surface area contributed by atoms with Crippen LogP contribution < -0.4 is 21.3 Å². The maximum absolute atomic E-state index is 5.79. The zero-order valence-corrected chi connectivity index (χ0v) is 18.1. The maximum atomic E-state index is 5.79.